The zero-order valence-electron chi connectivity index (χ0n) is 9.19. The molecule has 1 unspecified atom stereocenters. The minimum Gasteiger partial charge on any atom is -0.465 e. The number of fused-ring (bicyclic) bond motifs is 1. The largest absolute Gasteiger partial charge is 0.465 e. The molecule has 1 aromatic carbocycles. The average molecular weight is 221 g/mol. The molecule has 4 nitrogen and oxygen atoms in total. The summed E-state index contributed by atoms with van der Waals surface area (Å²) >= 11 is 0. The van der Waals surface area contributed by atoms with Crippen molar-refractivity contribution in [2.45, 2.75) is 26.0 Å². The van der Waals surface area contributed by atoms with Crippen molar-refractivity contribution in [1.29, 1.82) is 0 Å². The van der Waals surface area contributed by atoms with Gasteiger partial charge in [0.15, 0.2) is 0 Å². The second-order valence-corrected chi connectivity index (χ2v) is 3.86. The number of hydrogen-bond acceptors (Lipinski definition) is 2. The molecule has 0 aromatic heterocycles. The highest BCUT2D eigenvalue weighted by Gasteiger charge is 2.23. The number of benzene rings is 1. The lowest BCUT2D eigenvalue weighted by atomic mass is 9.93. The van der Waals surface area contributed by atoms with Crippen molar-refractivity contribution in [2.24, 2.45) is 0 Å². The highest BCUT2D eigenvalue weighted by Crippen LogP contribution is 2.27. The third-order valence-corrected chi connectivity index (χ3v) is 2.89. The Labute approximate surface area is 94.2 Å². The van der Waals surface area contributed by atoms with Crippen LogP contribution in [0.5, 0.6) is 0 Å². The van der Waals surface area contributed by atoms with Crippen LogP contribution >= 0.6 is 0 Å². The summed E-state index contributed by atoms with van der Waals surface area (Å²) in [6, 6.07) is 5.76. The van der Waals surface area contributed by atoms with E-state index in [0.29, 0.717) is 13.2 Å². The van der Waals surface area contributed by atoms with Crippen molar-refractivity contribution in [2.75, 3.05) is 6.61 Å². The highest BCUT2D eigenvalue weighted by molar-refractivity contribution is 5.65. The molecule has 86 valence electrons. The molecule has 0 aliphatic carbocycles. The Kier molecular flexibility index (Phi) is 3.10. The van der Waals surface area contributed by atoms with Gasteiger partial charge in [-0.1, -0.05) is 25.1 Å². The molecule has 1 atom stereocenters. The van der Waals surface area contributed by atoms with Crippen LogP contribution < -0.4 is 5.32 Å². The van der Waals surface area contributed by atoms with Crippen molar-refractivity contribution in [1.82, 2.24) is 5.32 Å². The molecule has 0 saturated heterocycles. The van der Waals surface area contributed by atoms with E-state index in [2.05, 4.69) is 18.3 Å². The van der Waals surface area contributed by atoms with E-state index < -0.39 is 6.09 Å². The lowest BCUT2D eigenvalue weighted by molar-refractivity contribution is 0.0802. The second-order valence-electron chi connectivity index (χ2n) is 3.86. The average Bonchev–Trinajstić information content (AvgIpc) is 2.28. The number of carbonyl (C=O) groups is 1. The summed E-state index contributed by atoms with van der Waals surface area (Å²) in [4.78, 5) is 10.7. The van der Waals surface area contributed by atoms with E-state index in [4.69, 9.17) is 9.84 Å². The Balaban J connectivity index is 2.35. The zero-order valence-corrected chi connectivity index (χ0v) is 9.19. The smallest absolute Gasteiger partial charge is 0.405 e. The van der Waals surface area contributed by atoms with Crippen LogP contribution in [-0.4, -0.2) is 17.8 Å². The molecule has 2 rings (SSSR count). The van der Waals surface area contributed by atoms with Crippen molar-refractivity contribution >= 4 is 6.09 Å². The van der Waals surface area contributed by atoms with Gasteiger partial charge in [-0.25, -0.2) is 4.79 Å². The summed E-state index contributed by atoms with van der Waals surface area (Å²) in [5.74, 6) is 0. The van der Waals surface area contributed by atoms with E-state index in [0.717, 1.165) is 17.5 Å². The molecule has 1 aromatic rings. The topological polar surface area (TPSA) is 58.6 Å². The molecule has 1 aliphatic heterocycles. The van der Waals surface area contributed by atoms with Crippen molar-refractivity contribution in [3.63, 3.8) is 0 Å². The Morgan fingerprint density at radius 3 is 3.12 bits per heavy atom. The Hall–Kier alpha value is -1.55. The lowest BCUT2D eigenvalue weighted by Crippen LogP contribution is -2.33. The fourth-order valence-corrected chi connectivity index (χ4v) is 2.13. The number of ether oxygens (including phenoxy) is 1. The van der Waals surface area contributed by atoms with Gasteiger partial charge in [0.2, 0.25) is 0 Å². The quantitative estimate of drug-likeness (QED) is 0.803. The Morgan fingerprint density at radius 2 is 2.44 bits per heavy atom. The first-order valence-corrected chi connectivity index (χ1v) is 5.40. The lowest BCUT2D eigenvalue weighted by Gasteiger charge is -2.27. The molecule has 1 amide bonds. The minimum atomic E-state index is -1.01. The zero-order chi connectivity index (χ0) is 11.5. The second kappa shape index (κ2) is 4.53. The molecule has 0 bridgehead atoms. The third kappa shape index (κ3) is 2.02. The minimum absolute atomic E-state index is 0.243. The van der Waals surface area contributed by atoms with Gasteiger partial charge in [0, 0.05) is 0 Å². The van der Waals surface area contributed by atoms with Crippen molar-refractivity contribution in [3.05, 3.63) is 34.9 Å². The molecule has 0 saturated carbocycles. The van der Waals surface area contributed by atoms with Gasteiger partial charge in [-0.2, -0.15) is 0 Å². The van der Waals surface area contributed by atoms with Gasteiger partial charge < -0.3 is 15.2 Å². The predicted octanol–water partition coefficient (Wildman–Crippen LogP) is 2.09. The Morgan fingerprint density at radius 1 is 1.62 bits per heavy atom. The van der Waals surface area contributed by atoms with Crippen LogP contribution in [0.25, 0.3) is 0 Å². The number of aryl methyl sites for hydroxylation is 1. The van der Waals surface area contributed by atoms with Crippen LogP contribution in [0, 0.1) is 0 Å². The molecular weight excluding hydrogens is 206 g/mol. The molecule has 2 N–H and O–H groups in total. The van der Waals surface area contributed by atoms with E-state index >= 15 is 0 Å². The normalized spacial score (nSPS) is 18.9. The summed E-state index contributed by atoms with van der Waals surface area (Å²) in [7, 11) is 0. The fraction of sp³-hybridized carbons (Fsp3) is 0.417. The van der Waals surface area contributed by atoms with Gasteiger partial charge in [-0.15, -0.1) is 0 Å². The monoisotopic (exact) mass is 221 g/mol. The summed E-state index contributed by atoms with van der Waals surface area (Å²) in [6.07, 6.45) is -0.0740. The number of rotatable bonds is 2. The third-order valence-electron chi connectivity index (χ3n) is 2.89. The number of hydrogen-bond donors (Lipinski definition) is 2. The van der Waals surface area contributed by atoms with Gasteiger partial charge in [0.25, 0.3) is 0 Å². The van der Waals surface area contributed by atoms with E-state index in [-0.39, 0.29) is 6.04 Å². The van der Waals surface area contributed by atoms with Gasteiger partial charge in [-0.3, -0.25) is 0 Å². The van der Waals surface area contributed by atoms with Crippen LogP contribution in [0.2, 0.25) is 0 Å². The van der Waals surface area contributed by atoms with E-state index in [9.17, 15) is 4.79 Å². The van der Waals surface area contributed by atoms with Gasteiger partial charge in [-0.05, 0) is 23.1 Å². The van der Waals surface area contributed by atoms with Gasteiger partial charge in [0.05, 0.1) is 19.3 Å². The maximum absolute atomic E-state index is 10.7. The van der Waals surface area contributed by atoms with E-state index in [1.165, 1.54) is 5.56 Å². The highest BCUT2D eigenvalue weighted by atomic mass is 16.5. The summed E-state index contributed by atoms with van der Waals surface area (Å²) in [6.45, 7) is 3.08. The van der Waals surface area contributed by atoms with Gasteiger partial charge >= 0.3 is 6.09 Å². The van der Waals surface area contributed by atoms with Gasteiger partial charge in [0.1, 0.15) is 0 Å². The first kappa shape index (κ1) is 11.0. The fourth-order valence-electron chi connectivity index (χ4n) is 2.13. The molecule has 0 spiro atoms. The number of amides is 1. The molecule has 1 aliphatic rings. The number of carboxylic acid groups (broad SMARTS) is 1. The SMILES string of the molecule is CCc1cccc2c1COCC2NC(=O)O. The first-order valence-electron chi connectivity index (χ1n) is 5.40. The van der Waals surface area contributed by atoms with Crippen molar-refractivity contribution < 1.29 is 14.6 Å². The van der Waals surface area contributed by atoms with Crippen LogP contribution in [0.1, 0.15) is 29.7 Å². The van der Waals surface area contributed by atoms with Crippen LogP contribution in [0.4, 0.5) is 4.79 Å². The molecule has 16 heavy (non-hydrogen) atoms. The first-order chi connectivity index (χ1) is 7.72. The van der Waals surface area contributed by atoms with Crippen LogP contribution in [0.15, 0.2) is 18.2 Å². The predicted molar refractivity (Wildman–Crippen MR) is 59.4 cm³/mol. The van der Waals surface area contributed by atoms with Crippen molar-refractivity contribution in [3.8, 4) is 0 Å². The van der Waals surface area contributed by atoms with Crippen LogP contribution in [0.3, 0.4) is 0 Å². The standard InChI is InChI=1S/C12H15NO3/c1-2-8-4-3-5-9-10(8)6-16-7-11(9)13-12(14)15/h3-5,11,13H,2,6-7H2,1H3,(H,14,15). The summed E-state index contributed by atoms with van der Waals surface area (Å²) < 4.78 is 5.43. The summed E-state index contributed by atoms with van der Waals surface area (Å²) in [5, 5.41) is 11.2. The number of nitrogens with one attached hydrogen (secondary N) is 1. The van der Waals surface area contributed by atoms with E-state index in [1.807, 2.05) is 12.1 Å². The Bertz CT molecular complexity index is 403. The molecule has 1 heterocycles. The summed E-state index contributed by atoms with van der Waals surface area (Å²) in [5.41, 5.74) is 3.41. The molecule has 0 radical (unpaired) electrons. The van der Waals surface area contributed by atoms with Crippen LogP contribution in [-0.2, 0) is 17.8 Å². The molecule has 0 fully saturated rings. The maximum Gasteiger partial charge on any atom is 0.405 e. The molecular formula is C12H15NO3. The maximum atomic E-state index is 10.7. The molecule has 4 heteroatoms. The van der Waals surface area contributed by atoms with E-state index in [1.54, 1.807) is 0 Å².